The van der Waals surface area contributed by atoms with Gasteiger partial charge >= 0.3 is 0 Å². The Morgan fingerprint density at radius 1 is 1.12 bits per heavy atom. The highest BCUT2D eigenvalue weighted by Gasteiger charge is 2.09. The quantitative estimate of drug-likeness (QED) is 0.772. The number of rotatable bonds is 5. The van der Waals surface area contributed by atoms with E-state index in [0.717, 1.165) is 37.4 Å². The fraction of sp³-hybridized carbons (Fsp3) is 0.500. The van der Waals surface area contributed by atoms with Gasteiger partial charge in [-0.25, -0.2) is 4.98 Å². The van der Waals surface area contributed by atoms with Crippen LogP contribution in [-0.2, 0) is 0 Å². The van der Waals surface area contributed by atoms with Gasteiger partial charge in [-0.05, 0) is 18.9 Å². The van der Waals surface area contributed by atoms with Crippen LogP contribution in [-0.4, -0.2) is 27.7 Å². The van der Waals surface area contributed by atoms with Crippen LogP contribution in [0.2, 0.25) is 0 Å². The van der Waals surface area contributed by atoms with E-state index in [1.165, 1.54) is 0 Å². The third-order valence-corrected chi connectivity index (χ3v) is 2.58. The van der Waals surface area contributed by atoms with Crippen LogP contribution in [0, 0.1) is 0 Å². The second-order valence-corrected chi connectivity index (χ2v) is 3.89. The SMILES string of the molecule is CCCN(CCC)c1ccnc2ccnn12. The van der Waals surface area contributed by atoms with E-state index in [1.807, 2.05) is 22.8 Å². The standard InChI is InChI=1S/C12H18N4/c1-3-9-15(10-4-2)12-6-7-13-11-5-8-14-16(11)12/h5-8H,3-4,9-10H2,1-2H3. The molecule has 0 bridgehead atoms. The van der Waals surface area contributed by atoms with Crippen molar-refractivity contribution >= 4 is 11.5 Å². The normalized spacial score (nSPS) is 10.9. The Morgan fingerprint density at radius 3 is 2.56 bits per heavy atom. The van der Waals surface area contributed by atoms with Crippen molar-refractivity contribution in [3.8, 4) is 0 Å². The van der Waals surface area contributed by atoms with Crippen LogP contribution in [0.1, 0.15) is 26.7 Å². The van der Waals surface area contributed by atoms with Gasteiger partial charge in [0.25, 0.3) is 0 Å². The van der Waals surface area contributed by atoms with Gasteiger partial charge in [-0.2, -0.15) is 9.61 Å². The predicted octanol–water partition coefficient (Wildman–Crippen LogP) is 2.36. The van der Waals surface area contributed by atoms with Gasteiger partial charge in [0.1, 0.15) is 5.82 Å². The lowest BCUT2D eigenvalue weighted by Gasteiger charge is -2.23. The van der Waals surface area contributed by atoms with E-state index in [0.29, 0.717) is 0 Å². The molecule has 0 unspecified atom stereocenters. The highest BCUT2D eigenvalue weighted by molar-refractivity contribution is 5.48. The maximum absolute atomic E-state index is 4.32. The van der Waals surface area contributed by atoms with Crippen molar-refractivity contribution in [2.75, 3.05) is 18.0 Å². The summed E-state index contributed by atoms with van der Waals surface area (Å²) < 4.78 is 1.91. The Morgan fingerprint density at radius 2 is 1.88 bits per heavy atom. The minimum absolute atomic E-state index is 0.912. The van der Waals surface area contributed by atoms with Crippen molar-refractivity contribution < 1.29 is 0 Å². The molecule has 0 aliphatic heterocycles. The Balaban J connectivity index is 2.38. The van der Waals surface area contributed by atoms with E-state index >= 15 is 0 Å². The number of anilines is 1. The van der Waals surface area contributed by atoms with Gasteiger partial charge in [0.15, 0.2) is 5.65 Å². The molecule has 0 aliphatic carbocycles. The molecule has 0 N–H and O–H groups in total. The zero-order valence-electron chi connectivity index (χ0n) is 9.93. The van der Waals surface area contributed by atoms with Gasteiger partial charge in [0.05, 0.1) is 6.20 Å². The first kappa shape index (κ1) is 10.9. The first-order valence-corrected chi connectivity index (χ1v) is 5.90. The van der Waals surface area contributed by atoms with Crippen molar-refractivity contribution in [1.29, 1.82) is 0 Å². The monoisotopic (exact) mass is 218 g/mol. The second kappa shape index (κ2) is 4.96. The third kappa shape index (κ3) is 2.01. The molecule has 0 spiro atoms. The summed E-state index contributed by atoms with van der Waals surface area (Å²) in [5, 5.41) is 4.32. The molecule has 0 aliphatic rings. The lowest BCUT2D eigenvalue weighted by Crippen LogP contribution is -2.27. The van der Waals surface area contributed by atoms with Crippen LogP contribution in [0.3, 0.4) is 0 Å². The van der Waals surface area contributed by atoms with E-state index in [4.69, 9.17) is 0 Å². The molecule has 2 aromatic rings. The van der Waals surface area contributed by atoms with Gasteiger partial charge in [-0.1, -0.05) is 13.8 Å². The smallest absolute Gasteiger partial charge is 0.157 e. The van der Waals surface area contributed by atoms with Crippen LogP contribution in [0.5, 0.6) is 0 Å². The summed E-state index contributed by atoms with van der Waals surface area (Å²) in [6.45, 7) is 6.52. The van der Waals surface area contributed by atoms with E-state index in [-0.39, 0.29) is 0 Å². The van der Waals surface area contributed by atoms with Crippen molar-refractivity contribution in [3.63, 3.8) is 0 Å². The molecule has 0 aromatic carbocycles. The number of hydrogen-bond donors (Lipinski definition) is 0. The van der Waals surface area contributed by atoms with Crippen LogP contribution in [0.4, 0.5) is 5.82 Å². The van der Waals surface area contributed by atoms with Crippen molar-refractivity contribution in [2.45, 2.75) is 26.7 Å². The van der Waals surface area contributed by atoms with Gasteiger partial charge in [-0.3, -0.25) is 0 Å². The average Bonchev–Trinajstić information content (AvgIpc) is 2.76. The van der Waals surface area contributed by atoms with Crippen molar-refractivity contribution in [3.05, 3.63) is 24.5 Å². The Bertz CT molecular complexity index is 443. The van der Waals surface area contributed by atoms with E-state index in [2.05, 4.69) is 28.8 Å². The molecular weight excluding hydrogens is 200 g/mol. The molecule has 0 saturated carbocycles. The molecule has 0 amide bonds. The molecule has 2 aromatic heterocycles. The largest absolute Gasteiger partial charge is 0.356 e. The summed E-state index contributed by atoms with van der Waals surface area (Å²) in [4.78, 5) is 6.64. The van der Waals surface area contributed by atoms with Crippen LogP contribution in [0.15, 0.2) is 24.5 Å². The summed E-state index contributed by atoms with van der Waals surface area (Å²) in [7, 11) is 0. The van der Waals surface area contributed by atoms with Gasteiger partial charge in [-0.15, -0.1) is 0 Å². The van der Waals surface area contributed by atoms with Crippen LogP contribution in [0.25, 0.3) is 5.65 Å². The van der Waals surface area contributed by atoms with Gasteiger partial charge in [0, 0.05) is 25.4 Å². The van der Waals surface area contributed by atoms with E-state index in [1.54, 1.807) is 6.20 Å². The maximum Gasteiger partial charge on any atom is 0.157 e. The van der Waals surface area contributed by atoms with Crippen molar-refractivity contribution in [2.24, 2.45) is 0 Å². The molecule has 16 heavy (non-hydrogen) atoms. The number of fused-ring (bicyclic) bond motifs is 1. The molecule has 0 atom stereocenters. The summed E-state index contributed by atoms with van der Waals surface area (Å²) in [5.41, 5.74) is 0.912. The minimum Gasteiger partial charge on any atom is -0.356 e. The lowest BCUT2D eigenvalue weighted by molar-refractivity contribution is 0.715. The highest BCUT2D eigenvalue weighted by Crippen LogP contribution is 2.15. The lowest BCUT2D eigenvalue weighted by atomic mass is 10.3. The third-order valence-electron chi connectivity index (χ3n) is 2.58. The summed E-state index contributed by atoms with van der Waals surface area (Å²) in [6, 6.07) is 3.96. The fourth-order valence-corrected chi connectivity index (χ4v) is 1.94. The maximum atomic E-state index is 4.32. The molecule has 0 fully saturated rings. The van der Waals surface area contributed by atoms with Gasteiger partial charge in [0.2, 0.25) is 0 Å². The van der Waals surface area contributed by atoms with E-state index in [9.17, 15) is 0 Å². The minimum atomic E-state index is 0.912. The topological polar surface area (TPSA) is 33.4 Å². The molecule has 4 heteroatoms. The zero-order chi connectivity index (χ0) is 11.4. The molecule has 2 heterocycles. The number of aromatic nitrogens is 3. The molecule has 0 radical (unpaired) electrons. The highest BCUT2D eigenvalue weighted by atomic mass is 15.3. The molecular formula is C12H18N4. The van der Waals surface area contributed by atoms with Crippen molar-refractivity contribution in [1.82, 2.24) is 14.6 Å². The zero-order valence-corrected chi connectivity index (χ0v) is 9.93. The van der Waals surface area contributed by atoms with Crippen LogP contribution < -0.4 is 4.90 Å². The first-order valence-electron chi connectivity index (χ1n) is 5.90. The molecule has 86 valence electrons. The Labute approximate surface area is 95.9 Å². The number of hydrogen-bond acceptors (Lipinski definition) is 3. The molecule has 2 rings (SSSR count). The molecule has 4 nitrogen and oxygen atoms in total. The summed E-state index contributed by atoms with van der Waals surface area (Å²) >= 11 is 0. The first-order chi connectivity index (χ1) is 7.86. The van der Waals surface area contributed by atoms with Crippen LogP contribution >= 0.6 is 0 Å². The number of nitrogens with zero attached hydrogens (tertiary/aromatic N) is 4. The average molecular weight is 218 g/mol. The Kier molecular flexibility index (Phi) is 3.39. The van der Waals surface area contributed by atoms with E-state index < -0.39 is 0 Å². The summed E-state index contributed by atoms with van der Waals surface area (Å²) in [6.07, 6.45) is 5.93. The predicted molar refractivity (Wildman–Crippen MR) is 65.8 cm³/mol. The second-order valence-electron chi connectivity index (χ2n) is 3.89. The Hall–Kier alpha value is -1.58. The fourth-order valence-electron chi connectivity index (χ4n) is 1.94. The molecule has 0 saturated heterocycles. The summed E-state index contributed by atoms with van der Waals surface area (Å²) in [5.74, 6) is 1.14. The van der Waals surface area contributed by atoms with Gasteiger partial charge < -0.3 is 4.90 Å².